The summed E-state index contributed by atoms with van der Waals surface area (Å²) in [5.74, 6) is -0.288. The minimum Gasteiger partial charge on any atom is -0.395 e. The number of nitrogens with zero attached hydrogens (tertiary/aromatic N) is 1. The van der Waals surface area contributed by atoms with E-state index in [0.29, 0.717) is 24.5 Å². The normalized spacial score (nSPS) is 10.5. The number of benzene rings is 1. The second kappa shape index (κ2) is 6.21. The van der Waals surface area contributed by atoms with Crippen LogP contribution in [0.1, 0.15) is 27.3 Å². The van der Waals surface area contributed by atoms with Gasteiger partial charge in [0.15, 0.2) is 5.69 Å². The molecule has 1 amide bonds. The van der Waals surface area contributed by atoms with Crippen LogP contribution in [-0.4, -0.2) is 23.2 Å². The number of amides is 1. The number of nitrogens with one attached hydrogen (secondary N) is 2. The van der Waals surface area contributed by atoms with Crippen molar-refractivity contribution < 1.29 is 9.53 Å². The zero-order valence-corrected chi connectivity index (χ0v) is 11.6. The Hall–Kier alpha value is -2.34. The van der Waals surface area contributed by atoms with Gasteiger partial charge in [-0.25, -0.2) is 0 Å². The molecule has 6 heteroatoms. The highest BCUT2D eigenvalue weighted by Gasteiger charge is 2.14. The number of methoxy groups -OCH3 is 1. The summed E-state index contributed by atoms with van der Waals surface area (Å²) in [5, 5.41) is 9.38. The van der Waals surface area contributed by atoms with Gasteiger partial charge >= 0.3 is 0 Å². The van der Waals surface area contributed by atoms with Crippen molar-refractivity contribution in [1.82, 2.24) is 15.5 Å². The van der Waals surface area contributed by atoms with Gasteiger partial charge < -0.3 is 15.8 Å². The summed E-state index contributed by atoms with van der Waals surface area (Å²) in [6.07, 6.45) is 0. The Bertz CT molecular complexity index is 607. The quantitative estimate of drug-likeness (QED) is 0.767. The van der Waals surface area contributed by atoms with Crippen molar-refractivity contribution in [2.45, 2.75) is 20.1 Å². The van der Waals surface area contributed by atoms with Crippen LogP contribution < -0.4 is 11.1 Å². The first-order valence-electron chi connectivity index (χ1n) is 6.27. The molecule has 106 valence electrons. The smallest absolute Gasteiger partial charge is 0.274 e. The van der Waals surface area contributed by atoms with Crippen molar-refractivity contribution in [2.75, 3.05) is 12.8 Å². The summed E-state index contributed by atoms with van der Waals surface area (Å²) in [5.41, 5.74) is 9.14. The number of carbonyl (C=O) groups excluding carboxylic acids is 1. The minimum absolute atomic E-state index is 0.232. The second-order valence-electron chi connectivity index (χ2n) is 4.55. The molecular formula is C14H18N4O2. The molecule has 1 aromatic heterocycles. The largest absolute Gasteiger partial charge is 0.395 e. The molecule has 1 heterocycles. The Kier molecular flexibility index (Phi) is 4.37. The fraction of sp³-hybridized carbons (Fsp3) is 0.286. The summed E-state index contributed by atoms with van der Waals surface area (Å²) < 4.78 is 5.08. The molecule has 0 saturated carbocycles. The molecule has 0 aliphatic carbocycles. The highest BCUT2D eigenvalue weighted by Crippen LogP contribution is 2.12. The lowest BCUT2D eigenvalue weighted by Gasteiger charge is -2.06. The number of hydrogen-bond donors (Lipinski definition) is 3. The van der Waals surface area contributed by atoms with Gasteiger partial charge in [0.2, 0.25) is 0 Å². The highest BCUT2D eigenvalue weighted by atomic mass is 16.5. The van der Waals surface area contributed by atoms with Crippen LogP contribution in [0.4, 0.5) is 5.69 Å². The number of rotatable bonds is 5. The molecule has 0 spiro atoms. The fourth-order valence-corrected chi connectivity index (χ4v) is 1.87. The Morgan fingerprint density at radius 2 is 2.20 bits per heavy atom. The third-order valence-electron chi connectivity index (χ3n) is 2.97. The third kappa shape index (κ3) is 3.16. The molecule has 0 aliphatic rings. The van der Waals surface area contributed by atoms with E-state index in [1.165, 1.54) is 0 Å². The molecule has 0 saturated heterocycles. The number of aryl methyl sites for hydroxylation is 1. The van der Waals surface area contributed by atoms with E-state index in [4.69, 9.17) is 10.5 Å². The molecule has 2 aromatic rings. The van der Waals surface area contributed by atoms with Crippen LogP contribution in [-0.2, 0) is 17.9 Å². The van der Waals surface area contributed by atoms with Crippen molar-refractivity contribution in [3.05, 3.63) is 46.8 Å². The number of hydrogen-bond acceptors (Lipinski definition) is 4. The topological polar surface area (TPSA) is 93.0 Å². The number of aromatic nitrogens is 2. The average molecular weight is 274 g/mol. The van der Waals surface area contributed by atoms with Crippen LogP contribution >= 0.6 is 0 Å². The summed E-state index contributed by atoms with van der Waals surface area (Å²) in [6, 6.07) is 7.84. The number of aromatic amines is 1. The molecule has 0 unspecified atom stereocenters. The van der Waals surface area contributed by atoms with Crippen molar-refractivity contribution in [3.63, 3.8) is 0 Å². The zero-order chi connectivity index (χ0) is 14.5. The predicted molar refractivity (Wildman–Crippen MR) is 76.1 cm³/mol. The van der Waals surface area contributed by atoms with Gasteiger partial charge in [0.05, 0.1) is 18.0 Å². The minimum atomic E-state index is -0.288. The van der Waals surface area contributed by atoms with E-state index in [0.717, 1.165) is 11.1 Å². The van der Waals surface area contributed by atoms with E-state index < -0.39 is 0 Å². The first-order chi connectivity index (χ1) is 9.61. The summed E-state index contributed by atoms with van der Waals surface area (Å²) >= 11 is 0. The Morgan fingerprint density at radius 1 is 1.45 bits per heavy atom. The molecule has 1 aromatic carbocycles. The van der Waals surface area contributed by atoms with E-state index in [9.17, 15) is 4.79 Å². The van der Waals surface area contributed by atoms with Crippen LogP contribution in [0.25, 0.3) is 0 Å². The number of H-pyrrole nitrogens is 1. The SMILES string of the molecule is COCc1cccc(CNC(=O)c2n[nH]c(C)c2N)c1. The molecule has 0 aliphatic heterocycles. The fourth-order valence-electron chi connectivity index (χ4n) is 1.87. The molecule has 0 bridgehead atoms. The van der Waals surface area contributed by atoms with Gasteiger partial charge in [-0.3, -0.25) is 9.89 Å². The lowest BCUT2D eigenvalue weighted by atomic mass is 10.1. The molecule has 20 heavy (non-hydrogen) atoms. The maximum Gasteiger partial charge on any atom is 0.274 e. The Balaban J connectivity index is 2.00. The van der Waals surface area contributed by atoms with E-state index in [1.54, 1.807) is 14.0 Å². The number of nitrogen functional groups attached to an aromatic ring is 1. The Labute approximate surface area is 117 Å². The van der Waals surface area contributed by atoms with Crippen molar-refractivity contribution in [3.8, 4) is 0 Å². The monoisotopic (exact) mass is 274 g/mol. The van der Waals surface area contributed by atoms with Crippen LogP contribution in [0.5, 0.6) is 0 Å². The first-order valence-corrected chi connectivity index (χ1v) is 6.27. The zero-order valence-electron chi connectivity index (χ0n) is 11.6. The summed E-state index contributed by atoms with van der Waals surface area (Å²) in [7, 11) is 1.65. The molecule has 2 rings (SSSR count). The maximum atomic E-state index is 12.0. The Morgan fingerprint density at radius 3 is 2.85 bits per heavy atom. The molecule has 0 atom stereocenters. The van der Waals surface area contributed by atoms with Gasteiger partial charge in [0.1, 0.15) is 0 Å². The summed E-state index contributed by atoms with van der Waals surface area (Å²) in [4.78, 5) is 12.0. The number of carbonyl (C=O) groups is 1. The van der Waals surface area contributed by atoms with Crippen LogP contribution in [0, 0.1) is 6.92 Å². The van der Waals surface area contributed by atoms with Gasteiger partial charge in [-0.15, -0.1) is 0 Å². The van der Waals surface area contributed by atoms with Crippen LogP contribution in [0.15, 0.2) is 24.3 Å². The average Bonchev–Trinajstić information content (AvgIpc) is 2.77. The van der Waals surface area contributed by atoms with E-state index in [2.05, 4.69) is 15.5 Å². The van der Waals surface area contributed by atoms with Crippen molar-refractivity contribution in [1.29, 1.82) is 0 Å². The van der Waals surface area contributed by atoms with Gasteiger partial charge in [-0.2, -0.15) is 5.10 Å². The van der Waals surface area contributed by atoms with Gasteiger partial charge in [-0.05, 0) is 18.1 Å². The number of ether oxygens (including phenoxy) is 1. The van der Waals surface area contributed by atoms with E-state index >= 15 is 0 Å². The molecular weight excluding hydrogens is 256 g/mol. The summed E-state index contributed by atoms with van der Waals surface area (Å²) in [6.45, 7) is 2.74. The van der Waals surface area contributed by atoms with Gasteiger partial charge in [0.25, 0.3) is 5.91 Å². The number of anilines is 1. The lowest BCUT2D eigenvalue weighted by Crippen LogP contribution is -2.24. The van der Waals surface area contributed by atoms with Gasteiger partial charge in [-0.1, -0.05) is 24.3 Å². The standard InChI is InChI=1S/C14H18N4O2/c1-9-12(15)13(18-17-9)14(19)16-7-10-4-3-5-11(6-10)8-20-2/h3-6H,7-8,15H2,1-2H3,(H,16,19)(H,17,18). The predicted octanol–water partition coefficient (Wildman–Crippen LogP) is 1.38. The molecule has 6 nitrogen and oxygen atoms in total. The highest BCUT2D eigenvalue weighted by molar-refractivity contribution is 5.97. The van der Waals surface area contributed by atoms with Crippen LogP contribution in [0.3, 0.4) is 0 Å². The van der Waals surface area contributed by atoms with Crippen molar-refractivity contribution >= 4 is 11.6 Å². The van der Waals surface area contributed by atoms with Crippen LogP contribution in [0.2, 0.25) is 0 Å². The second-order valence-corrected chi connectivity index (χ2v) is 4.55. The third-order valence-corrected chi connectivity index (χ3v) is 2.97. The molecule has 0 fully saturated rings. The maximum absolute atomic E-state index is 12.0. The molecule has 4 N–H and O–H groups in total. The first kappa shape index (κ1) is 14.1. The van der Waals surface area contributed by atoms with E-state index in [1.807, 2.05) is 24.3 Å². The molecule has 0 radical (unpaired) electrons. The van der Waals surface area contributed by atoms with Crippen molar-refractivity contribution in [2.24, 2.45) is 0 Å². The lowest BCUT2D eigenvalue weighted by molar-refractivity contribution is 0.0946. The van der Waals surface area contributed by atoms with E-state index in [-0.39, 0.29) is 11.6 Å². The number of nitrogens with two attached hydrogens (primary N) is 1. The van der Waals surface area contributed by atoms with Gasteiger partial charge in [0, 0.05) is 13.7 Å².